The minimum absolute atomic E-state index is 0.00369. The van der Waals surface area contributed by atoms with E-state index >= 15 is 0 Å². The van der Waals surface area contributed by atoms with E-state index in [9.17, 15) is 18.0 Å². The first-order chi connectivity index (χ1) is 9.38. The van der Waals surface area contributed by atoms with Gasteiger partial charge in [-0.3, -0.25) is 4.79 Å². The van der Waals surface area contributed by atoms with Crippen molar-refractivity contribution in [3.05, 3.63) is 35.4 Å². The van der Waals surface area contributed by atoms with Gasteiger partial charge in [0.25, 0.3) is 0 Å². The van der Waals surface area contributed by atoms with E-state index in [2.05, 4.69) is 10.6 Å². The second kappa shape index (κ2) is 5.83. The number of hydrogen-bond donors (Lipinski definition) is 2. The van der Waals surface area contributed by atoms with Crippen LogP contribution >= 0.6 is 0 Å². The molecule has 3 nitrogen and oxygen atoms in total. The molecule has 1 heterocycles. The lowest BCUT2D eigenvalue weighted by molar-refractivity contribution is -0.138. The molecule has 1 amide bonds. The topological polar surface area (TPSA) is 41.1 Å². The number of benzene rings is 1. The summed E-state index contributed by atoms with van der Waals surface area (Å²) in [6.07, 6.45) is -3.30. The van der Waals surface area contributed by atoms with Crippen LogP contribution in [0.3, 0.4) is 0 Å². The molecule has 0 aromatic heterocycles. The fraction of sp³-hybridized carbons (Fsp3) is 0.500. The minimum atomic E-state index is -4.35. The van der Waals surface area contributed by atoms with Crippen LogP contribution in [0.15, 0.2) is 24.3 Å². The highest BCUT2D eigenvalue weighted by Crippen LogP contribution is 2.34. The van der Waals surface area contributed by atoms with Gasteiger partial charge in [0.2, 0.25) is 5.91 Å². The van der Waals surface area contributed by atoms with Crippen molar-refractivity contribution >= 4 is 5.91 Å². The Labute approximate surface area is 115 Å². The van der Waals surface area contributed by atoms with Crippen molar-refractivity contribution in [1.29, 1.82) is 0 Å². The zero-order chi connectivity index (χ0) is 14.8. The molecule has 6 heteroatoms. The van der Waals surface area contributed by atoms with Gasteiger partial charge in [0.15, 0.2) is 0 Å². The molecule has 1 aliphatic rings. The lowest BCUT2D eigenvalue weighted by Crippen LogP contribution is -2.46. The highest BCUT2D eigenvalue weighted by Gasteiger charge is 2.34. The maximum Gasteiger partial charge on any atom is 0.416 e. The van der Waals surface area contributed by atoms with E-state index in [1.54, 1.807) is 13.0 Å². The number of carbonyl (C=O) groups is 1. The van der Waals surface area contributed by atoms with Gasteiger partial charge in [-0.05, 0) is 25.0 Å². The summed E-state index contributed by atoms with van der Waals surface area (Å²) in [6.45, 7) is 2.17. The predicted molar refractivity (Wildman–Crippen MR) is 69.0 cm³/mol. The number of carbonyl (C=O) groups excluding carboxylic acids is 1. The molecule has 1 aromatic rings. The summed E-state index contributed by atoms with van der Waals surface area (Å²) in [5, 5.41) is 5.86. The third kappa shape index (κ3) is 3.50. The SMILES string of the molecule is CC(NC1CCC(=O)NC1)c1ccccc1C(F)(F)F. The predicted octanol–water partition coefficient (Wildman–Crippen LogP) is 2.63. The van der Waals surface area contributed by atoms with Crippen molar-refractivity contribution in [3.8, 4) is 0 Å². The van der Waals surface area contributed by atoms with E-state index in [4.69, 9.17) is 0 Å². The third-order valence-corrected chi connectivity index (χ3v) is 3.48. The molecule has 1 fully saturated rings. The molecule has 2 unspecified atom stereocenters. The van der Waals surface area contributed by atoms with Crippen LogP contribution < -0.4 is 10.6 Å². The fourth-order valence-corrected chi connectivity index (χ4v) is 2.45. The Hall–Kier alpha value is -1.56. The van der Waals surface area contributed by atoms with Gasteiger partial charge in [-0.2, -0.15) is 13.2 Å². The molecule has 1 aromatic carbocycles. The summed E-state index contributed by atoms with van der Waals surface area (Å²) < 4.78 is 38.9. The fourth-order valence-electron chi connectivity index (χ4n) is 2.45. The van der Waals surface area contributed by atoms with Crippen LogP contribution in [-0.2, 0) is 11.0 Å². The molecule has 0 radical (unpaired) electrons. The number of piperidine rings is 1. The van der Waals surface area contributed by atoms with Crippen LogP contribution in [0.2, 0.25) is 0 Å². The summed E-state index contributed by atoms with van der Waals surface area (Å²) in [7, 11) is 0. The third-order valence-electron chi connectivity index (χ3n) is 3.48. The lowest BCUT2D eigenvalue weighted by Gasteiger charge is -2.28. The van der Waals surface area contributed by atoms with Crippen LogP contribution in [-0.4, -0.2) is 18.5 Å². The zero-order valence-electron chi connectivity index (χ0n) is 11.1. The summed E-state index contributed by atoms with van der Waals surface area (Å²) >= 11 is 0. The van der Waals surface area contributed by atoms with Crippen molar-refractivity contribution in [2.75, 3.05) is 6.54 Å². The summed E-state index contributed by atoms with van der Waals surface area (Å²) in [5.41, 5.74) is -0.378. The lowest BCUT2D eigenvalue weighted by atomic mass is 9.99. The normalized spacial score (nSPS) is 21.4. The number of nitrogens with one attached hydrogen (secondary N) is 2. The van der Waals surface area contributed by atoms with Gasteiger partial charge < -0.3 is 10.6 Å². The molecule has 0 spiro atoms. The van der Waals surface area contributed by atoms with Gasteiger partial charge in [0.1, 0.15) is 0 Å². The molecule has 1 saturated heterocycles. The minimum Gasteiger partial charge on any atom is -0.355 e. The van der Waals surface area contributed by atoms with Crippen molar-refractivity contribution in [1.82, 2.24) is 10.6 Å². The molecule has 2 rings (SSSR count). The van der Waals surface area contributed by atoms with Gasteiger partial charge in [0, 0.05) is 25.0 Å². The Kier molecular flexibility index (Phi) is 4.32. The number of halogens is 3. The Balaban J connectivity index is 2.09. The molecule has 0 saturated carbocycles. The largest absolute Gasteiger partial charge is 0.416 e. The summed E-state index contributed by atoms with van der Waals surface area (Å²) in [4.78, 5) is 11.1. The van der Waals surface area contributed by atoms with Crippen LogP contribution in [0, 0.1) is 0 Å². The zero-order valence-corrected chi connectivity index (χ0v) is 11.1. The van der Waals surface area contributed by atoms with Crippen molar-refractivity contribution in [2.24, 2.45) is 0 Å². The second-order valence-electron chi connectivity index (χ2n) is 5.01. The monoisotopic (exact) mass is 286 g/mol. The molecule has 2 atom stereocenters. The quantitative estimate of drug-likeness (QED) is 0.897. The number of amides is 1. The molecular weight excluding hydrogens is 269 g/mol. The first-order valence-corrected chi connectivity index (χ1v) is 6.57. The molecule has 2 N–H and O–H groups in total. The molecule has 1 aliphatic heterocycles. The molecule has 0 aliphatic carbocycles. The van der Waals surface area contributed by atoms with Gasteiger partial charge >= 0.3 is 6.18 Å². The van der Waals surface area contributed by atoms with Crippen LogP contribution in [0.5, 0.6) is 0 Å². The Bertz CT molecular complexity index is 478. The first kappa shape index (κ1) is 14.8. The highest BCUT2D eigenvalue weighted by molar-refractivity contribution is 5.76. The first-order valence-electron chi connectivity index (χ1n) is 6.57. The van der Waals surface area contributed by atoms with E-state index in [0.29, 0.717) is 19.4 Å². The van der Waals surface area contributed by atoms with E-state index in [1.807, 2.05) is 0 Å². The van der Waals surface area contributed by atoms with Crippen molar-refractivity contribution < 1.29 is 18.0 Å². The number of rotatable bonds is 3. The second-order valence-corrected chi connectivity index (χ2v) is 5.01. The molecule has 20 heavy (non-hydrogen) atoms. The maximum atomic E-state index is 13.0. The van der Waals surface area contributed by atoms with Gasteiger partial charge in [0.05, 0.1) is 5.56 Å². The van der Waals surface area contributed by atoms with E-state index in [-0.39, 0.29) is 17.5 Å². The van der Waals surface area contributed by atoms with E-state index < -0.39 is 17.8 Å². The molecule has 0 bridgehead atoms. The van der Waals surface area contributed by atoms with Crippen LogP contribution in [0.25, 0.3) is 0 Å². The average Bonchev–Trinajstić information content (AvgIpc) is 2.40. The maximum absolute atomic E-state index is 13.0. The van der Waals surface area contributed by atoms with Gasteiger partial charge in [-0.15, -0.1) is 0 Å². The number of hydrogen-bond acceptors (Lipinski definition) is 2. The summed E-state index contributed by atoms with van der Waals surface area (Å²) in [6, 6.07) is 5.15. The van der Waals surface area contributed by atoms with E-state index in [0.717, 1.165) is 6.07 Å². The Morgan fingerprint density at radius 1 is 1.35 bits per heavy atom. The highest BCUT2D eigenvalue weighted by atomic mass is 19.4. The Morgan fingerprint density at radius 3 is 2.65 bits per heavy atom. The average molecular weight is 286 g/mol. The van der Waals surface area contributed by atoms with Crippen LogP contribution in [0.1, 0.15) is 36.9 Å². The molecular formula is C14H17F3N2O. The van der Waals surface area contributed by atoms with E-state index in [1.165, 1.54) is 12.1 Å². The van der Waals surface area contributed by atoms with Gasteiger partial charge in [-0.25, -0.2) is 0 Å². The smallest absolute Gasteiger partial charge is 0.355 e. The Morgan fingerprint density at radius 2 is 2.05 bits per heavy atom. The van der Waals surface area contributed by atoms with Crippen molar-refractivity contribution in [3.63, 3.8) is 0 Å². The summed E-state index contributed by atoms with van der Waals surface area (Å²) in [5.74, 6) is -0.00797. The standard InChI is InChI=1S/C14H17F3N2O/c1-9(19-10-6-7-13(20)18-8-10)11-4-2-3-5-12(11)14(15,16)17/h2-5,9-10,19H,6-8H2,1H3,(H,18,20). The van der Waals surface area contributed by atoms with Crippen molar-refractivity contribution in [2.45, 2.75) is 38.0 Å². The molecule has 110 valence electrons. The number of alkyl halides is 3. The van der Waals surface area contributed by atoms with Crippen LogP contribution in [0.4, 0.5) is 13.2 Å². The van der Waals surface area contributed by atoms with Gasteiger partial charge in [-0.1, -0.05) is 18.2 Å².